The van der Waals surface area contributed by atoms with Gasteiger partial charge in [-0.2, -0.15) is 10.2 Å². The molecule has 0 aliphatic heterocycles. The lowest BCUT2D eigenvalue weighted by Gasteiger charge is -2.09. The maximum Gasteiger partial charge on any atom is 0.274 e. The highest BCUT2D eigenvalue weighted by Crippen LogP contribution is 2.21. The number of nitrogens with one attached hydrogen (secondary N) is 2. The average Bonchev–Trinajstić information content (AvgIpc) is 3.55. The van der Waals surface area contributed by atoms with Gasteiger partial charge in [0.05, 0.1) is 41.5 Å². The third-order valence-electron chi connectivity index (χ3n) is 5.37. The third-order valence-corrected chi connectivity index (χ3v) is 5.91. The molecule has 0 unspecified atom stereocenters. The molecule has 176 valence electrons. The van der Waals surface area contributed by atoms with Crippen molar-refractivity contribution in [1.82, 2.24) is 24.9 Å². The van der Waals surface area contributed by atoms with Gasteiger partial charge in [-0.05, 0) is 50.6 Å². The zero-order chi connectivity index (χ0) is 24.2. The van der Waals surface area contributed by atoms with Crippen LogP contribution >= 0.6 is 11.6 Å². The third kappa shape index (κ3) is 5.04. The molecule has 0 saturated carbocycles. The molecule has 34 heavy (non-hydrogen) atoms. The Morgan fingerprint density at radius 1 is 1.12 bits per heavy atom. The number of carbonyl (C=O) groups is 2. The van der Waals surface area contributed by atoms with E-state index in [-0.39, 0.29) is 18.1 Å². The lowest BCUT2D eigenvalue weighted by atomic mass is 10.1. The number of rotatable bonds is 8. The van der Waals surface area contributed by atoms with Crippen LogP contribution in [0.5, 0.6) is 0 Å². The van der Waals surface area contributed by atoms with Crippen molar-refractivity contribution in [2.45, 2.75) is 40.4 Å². The van der Waals surface area contributed by atoms with E-state index in [0.717, 1.165) is 17.0 Å². The topological polar surface area (TPSA) is 107 Å². The van der Waals surface area contributed by atoms with Gasteiger partial charge in [-0.25, -0.2) is 0 Å². The Hall–Kier alpha value is -3.85. The van der Waals surface area contributed by atoms with Gasteiger partial charge < -0.3 is 15.1 Å². The van der Waals surface area contributed by atoms with E-state index < -0.39 is 5.91 Å². The van der Waals surface area contributed by atoms with Crippen LogP contribution < -0.4 is 10.6 Å². The predicted octanol–water partition coefficient (Wildman–Crippen LogP) is 4.19. The van der Waals surface area contributed by atoms with E-state index >= 15 is 0 Å². The maximum atomic E-state index is 13.0. The van der Waals surface area contributed by atoms with E-state index in [0.29, 0.717) is 35.1 Å². The van der Waals surface area contributed by atoms with Crippen molar-refractivity contribution in [1.29, 1.82) is 0 Å². The van der Waals surface area contributed by atoms with Crippen LogP contribution in [0.25, 0.3) is 0 Å². The van der Waals surface area contributed by atoms with Crippen LogP contribution in [0.2, 0.25) is 5.02 Å². The van der Waals surface area contributed by atoms with E-state index in [2.05, 4.69) is 20.8 Å². The van der Waals surface area contributed by atoms with Crippen molar-refractivity contribution in [2.24, 2.45) is 0 Å². The van der Waals surface area contributed by atoms with Gasteiger partial charge in [0.1, 0.15) is 5.76 Å². The molecule has 1 aromatic carbocycles. The quantitative estimate of drug-likeness (QED) is 0.393. The van der Waals surface area contributed by atoms with E-state index in [1.807, 2.05) is 32.9 Å². The molecule has 4 rings (SSSR count). The second-order valence-electron chi connectivity index (χ2n) is 7.81. The highest BCUT2D eigenvalue weighted by Gasteiger charge is 2.20. The van der Waals surface area contributed by atoms with Gasteiger partial charge in [0.2, 0.25) is 0 Å². The molecule has 10 heteroatoms. The van der Waals surface area contributed by atoms with Crippen molar-refractivity contribution in [3.63, 3.8) is 0 Å². The number of aromatic nitrogens is 4. The number of hydrogen-bond donors (Lipinski definition) is 2. The molecule has 3 aromatic heterocycles. The molecule has 0 bridgehead atoms. The minimum atomic E-state index is -0.408. The Labute approximate surface area is 201 Å². The molecule has 0 aliphatic carbocycles. The van der Waals surface area contributed by atoms with Crippen LogP contribution in [0.4, 0.5) is 5.69 Å². The fraction of sp³-hybridized carbons (Fsp3) is 0.250. The van der Waals surface area contributed by atoms with Crippen molar-refractivity contribution in [3.05, 3.63) is 87.8 Å². The molecule has 4 aromatic rings. The van der Waals surface area contributed by atoms with Gasteiger partial charge in [-0.1, -0.05) is 23.7 Å². The first-order chi connectivity index (χ1) is 16.4. The maximum absolute atomic E-state index is 13.0. The number of amides is 2. The van der Waals surface area contributed by atoms with E-state index in [9.17, 15) is 9.59 Å². The summed E-state index contributed by atoms with van der Waals surface area (Å²) in [7, 11) is 0. The summed E-state index contributed by atoms with van der Waals surface area (Å²) in [5.74, 6) is -0.132. The smallest absolute Gasteiger partial charge is 0.274 e. The number of hydrogen-bond acceptors (Lipinski definition) is 5. The fourth-order valence-corrected chi connectivity index (χ4v) is 3.65. The van der Waals surface area contributed by atoms with Gasteiger partial charge in [0.25, 0.3) is 11.8 Å². The molecule has 9 nitrogen and oxygen atoms in total. The largest absolute Gasteiger partial charge is 0.467 e. The second-order valence-corrected chi connectivity index (χ2v) is 8.18. The van der Waals surface area contributed by atoms with E-state index in [4.69, 9.17) is 16.0 Å². The number of furan rings is 1. The summed E-state index contributed by atoms with van der Waals surface area (Å²) in [6.07, 6.45) is 3.18. The van der Waals surface area contributed by atoms with Gasteiger partial charge in [-0.15, -0.1) is 0 Å². The summed E-state index contributed by atoms with van der Waals surface area (Å²) >= 11 is 6.25. The van der Waals surface area contributed by atoms with Gasteiger partial charge in [0.15, 0.2) is 5.69 Å². The standard InChI is InChI=1S/C24H25ClN6O3/c1-4-30-14-20(22(29-30)24(33)26-12-19-9-6-10-34-19)27-23(32)18-8-5-7-17(11-18)13-31-16(3)21(25)15(2)28-31/h5-11,14H,4,12-13H2,1-3H3,(H,26,33)(H,27,32). The number of nitrogens with zero attached hydrogens (tertiary/aromatic N) is 4. The molecule has 0 spiro atoms. The second kappa shape index (κ2) is 9.96. The zero-order valence-electron chi connectivity index (χ0n) is 19.1. The van der Waals surface area contributed by atoms with E-state index in [1.165, 1.54) is 6.26 Å². The van der Waals surface area contributed by atoms with Gasteiger partial charge >= 0.3 is 0 Å². The van der Waals surface area contributed by atoms with Gasteiger partial charge in [0, 0.05) is 18.3 Å². The van der Waals surface area contributed by atoms with Crippen LogP contribution in [0.3, 0.4) is 0 Å². The minimum Gasteiger partial charge on any atom is -0.467 e. The number of carbonyl (C=O) groups excluding carboxylic acids is 2. The minimum absolute atomic E-state index is 0.134. The molecule has 2 amide bonds. The highest BCUT2D eigenvalue weighted by molar-refractivity contribution is 6.31. The highest BCUT2D eigenvalue weighted by atomic mass is 35.5. The number of benzene rings is 1. The molecule has 0 saturated heterocycles. The molecular weight excluding hydrogens is 456 g/mol. The Morgan fingerprint density at radius 2 is 1.94 bits per heavy atom. The van der Waals surface area contributed by atoms with Crippen LogP contribution in [-0.2, 0) is 19.6 Å². The first-order valence-corrected chi connectivity index (χ1v) is 11.2. The summed E-state index contributed by atoms with van der Waals surface area (Å²) in [6, 6.07) is 10.7. The molecule has 0 radical (unpaired) electrons. The Bertz CT molecular complexity index is 1320. The molecular formula is C24H25ClN6O3. The zero-order valence-corrected chi connectivity index (χ0v) is 19.9. The average molecular weight is 481 g/mol. The lowest BCUT2D eigenvalue weighted by molar-refractivity contribution is 0.0943. The van der Waals surface area contributed by atoms with Crippen LogP contribution in [0.15, 0.2) is 53.3 Å². The van der Waals surface area contributed by atoms with Crippen LogP contribution in [0.1, 0.15) is 50.5 Å². The molecule has 0 atom stereocenters. The number of aryl methyl sites for hydroxylation is 2. The Kier molecular flexibility index (Phi) is 6.83. The SMILES string of the molecule is CCn1cc(NC(=O)c2cccc(Cn3nc(C)c(Cl)c3C)c2)c(C(=O)NCc2ccco2)n1. The predicted molar refractivity (Wildman–Crippen MR) is 128 cm³/mol. The lowest BCUT2D eigenvalue weighted by Crippen LogP contribution is -2.25. The number of anilines is 1. The van der Waals surface area contributed by atoms with Crippen LogP contribution in [-0.4, -0.2) is 31.4 Å². The van der Waals surface area contributed by atoms with Crippen LogP contribution in [0, 0.1) is 13.8 Å². The van der Waals surface area contributed by atoms with E-state index in [1.54, 1.807) is 39.8 Å². The summed E-state index contributed by atoms with van der Waals surface area (Å²) < 4.78 is 8.65. The summed E-state index contributed by atoms with van der Waals surface area (Å²) in [5, 5.41) is 15.0. The Balaban J connectivity index is 1.50. The normalized spacial score (nSPS) is 10.9. The van der Waals surface area contributed by atoms with Gasteiger partial charge in [-0.3, -0.25) is 19.0 Å². The molecule has 2 N–H and O–H groups in total. The van der Waals surface area contributed by atoms with Crippen molar-refractivity contribution in [2.75, 3.05) is 5.32 Å². The first-order valence-electron chi connectivity index (χ1n) is 10.8. The summed E-state index contributed by atoms with van der Waals surface area (Å²) in [4.78, 5) is 25.7. The molecule has 0 aliphatic rings. The monoisotopic (exact) mass is 480 g/mol. The van der Waals surface area contributed by atoms with Crippen molar-refractivity contribution in [3.8, 4) is 0 Å². The van der Waals surface area contributed by atoms with Crippen molar-refractivity contribution >= 4 is 29.1 Å². The summed E-state index contributed by atoms with van der Waals surface area (Å²) in [6.45, 7) is 6.91. The molecule has 0 fully saturated rings. The number of halogens is 1. The molecule has 3 heterocycles. The fourth-order valence-electron chi connectivity index (χ4n) is 3.51. The van der Waals surface area contributed by atoms with Crippen molar-refractivity contribution < 1.29 is 14.0 Å². The summed E-state index contributed by atoms with van der Waals surface area (Å²) in [5.41, 5.74) is 3.45. The Morgan fingerprint density at radius 3 is 2.62 bits per heavy atom. The first kappa shape index (κ1) is 23.3.